The molecule has 104 valence electrons. The van der Waals surface area contributed by atoms with Gasteiger partial charge in [0.2, 0.25) is 0 Å². The molecule has 1 fully saturated rings. The maximum absolute atomic E-state index is 11.4. The smallest absolute Gasteiger partial charge is 0.341 e. The summed E-state index contributed by atoms with van der Waals surface area (Å²) in [5, 5.41) is 2.45. The molecule has 1 aromatic heterocycles. The highest BCUT2D eigenvalue weighted by atomic mass is 32.2. The molecule has 1 aliphatic heterocycles. The van der Waals surface area contributed by atoms with Crippen LogP contribution in [0.2, 0.25) is 0 Å². The Kier molecular flexibility index (Phi) is 4.64. The second-order valence-electron chi connectivity index (χ2n) is 3.42. The monoisotopic (exact) mass is 311 g/mol. The van der Waals surface area contributed by atoms with Crippen molar-refractivity contribution in [1.82, 2.24) is 15.3 Å². The van der Waals surface area contributed by atoms with Crippen LogP contribution in [0.5, 0.6) is 6.01 Å². The van der Waals surface area contributed by atoms with Crippen molar-refractivity contribution in [2.45, 2.75) is 6.92 Å². The summed E-state index contributed by atoms with van der Waals surface area (Å²) in [5.41, 5.74) is 0.223. The van der Waals surface area contributed by atoms with E-state index in [0.717, 1.165) is 11.8 Å². The second kappa shape index (κ2) is 6.44. The first kappa shape index (κ1) is 14.4. The molecule has 1 amide bonds. The van der Waals surface area contributed by atoms with Crippen molar-refractivity contribution in [3.63, 3.8) is 0 Å². The number of nitrogens with one attached hydrogen (secondary N) is 1. The van der Waals surface area contributed by atoms with Crippen LogP contribution in [0.25, 0.3) is 0 Å². The average Bonchev–Trinajstić information content (AvgIpc) is 2.75. The topological polar surface area (TPSA) is 90.4 Å². The summed E-state index contributed by atoms with van der Waals surface area (Å²) >= 11 is 5.91. The number of ether oxygens (including phenoxy) is 2. The number of thioether (sulfide) groups is 1. The first-order valence-electron chi connectivity index (χ1n) is 5.49. The molecule has 0 aliphatic carbocycles. The number of carbonyl (C=O) groups excluding carboxylic acids is 2. The van der Waals surface area contributed by atoms with Gasteiger partial charge in [-0.15, -0.1) is 0 Å². The van der Waals surface area contributed by atoms with Gasteiger partial charge in [0.05, 0.1) is 12.2 Å². The van der Waals surface area contributed by atoms with Crippen LogP contribution < -0.4 is 10.1 Å². The summed E-state index contributed by atoms with van der Waals surface area (Å²) in [4.78, 5) is 30.7. The predicted molar refractivity (Wildman–Crippen MR) is 75.0 cm³/mol. The third kappa shape index (κ3) is 3.52. The van der Waals surface area contributed by atoms with Crippen LogP contribution in [0.15, 0.2) is 23.6 Å². The van der Waals surface area contributed by atoms with Crippen molar-refractivity contribution >= 4 is 40.2 Å². The Balaban J connectivity index is 2.01. The fraction of sp³-hybridized carbons (Fsp3) is 0.182. The molecule has 0 bridgehead atoms. The highest BCUT2D eigenvalue weighted by Gasteiger charge is 2.22. The first-order chi connectivity index (χ1) is 9.60. The molecule has 0 atom stereocenters. The van der Waals surface area contributed by atoms with Gasteiger partial charge in [0.25, 0.3) is 5.91 Å². The molecule has 1 saturated heterocycles. The molecule has 0 spiro atoms. The van der Waals surface area contributed by atoms with Crippen LogP contribution in [0.4, 0.5) is 0 Å². The second-order valence-corrected chi connectivity index (χ2v) is 5.14. The van der Waals surface area contributed by atoms with Crippen LogP contribution in [0, 0.1) is 0 Å². The van der Waals surface area contributed by atoms with Gasteiger partial charge in [0, 0.05) is 12.4 Å². The van der Waals surface area contributed by atoms with Gasteiger partial charge in [0.15, 0.2) is 0 Å². The Morgan fingerprint density at radius 2 is 2.20 bits per heavy atom. The van der Waals surface area contributed by atoms with Gasteiger partial charge < -0.3 is 14.8 Å². The Labute approximate surface area is 123 Å². The van der Waals surface area contributed by atoms with E-state index in [1.807, 2.05) is 0 Å². The lowest BCUT2D eigenvalue weighted by Gasteiger charge is -2.01. The van der Waals surface area contributed by atoms with Gasteiger partial charge in [0.1, 0.15) is 15.5 Å². The molecule has 0 radical (unpaired) electrons. The SMILES string of the molecule is CCOC(=O)c1cnc(OC=C2SC(=S)NC2=O)nc1. The number of amides is 1. The van der Waals surface area contributed by atoms with Gasteiger partial charge >= 0.3 is 12.0 Å². The summed E-state index contributed by atoms with van der Waals surface area (Å²) in [6.07, 6.45) is 3.77. The lowest BCUT2D eigenvalue weighted by Crippen LogP contribution is -2.17. The highest BCUT2D eigenvalue weighted by Crippen LogP contribution is 2.23. The molecule has 2 heterocycles. The predicted octanol–water partition coefficient (Wildman–Crippen LogP) is 1.02. The molecule has 0 unspecified atom stereocenters. The summed E-state index contributed by atoms with van der Waals surface area (Å²) in [6, 6.07) is 0.0109. The highest BCUT2D eigenvalue weighted by molar-refractivity contribution is 8.26. The molecule has 2 rings (SSSR count). The third-order valence-electron chi connectivity index (χ3n) is 2.05. The van der Waals surface area contributed by atoms with E-state index in [-0.39, 0.29) is 24.1 Å². The van der Waals surface area contributed by atoms with E-state index in [4.69, 9.17) is 21.7 Å². The van der Waals surface area contributed by atoms with Crippen molar-refractivity contribution in [3.05, 3.63) is 29.1 Å². The van der Waals surface area contributed by atoms with Crippen molar-refractivity contribution in [1.29, 1.82) is 0 Å². The standard InChI is InChI=1S/C11H9N3O4S2/c1-2-17-9(16)6-3-12-10(13-4-6)18-5-7-8(15)14-11(19)20-7/h3-5H,2H2,1H3,(H,14,15,19). The van der Waals surface area contributed by atoms with Crippen molar-refractivity contribution < 1.29 is 19.1 Å². The maximum atomic E-state index is 11.4. The Bertz CT molecular complexity index is 586. The molecular weight excluding hydrogens is 302 g/mol. The van der Waals surface area contributed by atoms with Crippen LogP contribution in [0.3, 0.4) is 0 Å². The minimum atomic E-state index is -0.506. The lowest BCUT2D eigenvalue weighted by atomic mass is 10.3. The largest absolute Gasteiger partial charge is 0.462 e. The number of esters is 1. The number of hydrogen-bond donors (Lipinski definition) is 1. The fourth-order valence-electron chi connectivity index (χ4n) is 1.21. The van der Waals surface area contributed by atoms with Crippen molar-refractivity contribution in [2.75, 3.05) is 6.61 Å². The van der Waals surface area contributed by atoms with E-state index in [9.17, 15) is 9.59 Å². The van der Waals surface area contributed by atoms with Gasteiger partial charge in [-0.3, -0.25) is 4.79 Å². The zero-order valence-corrected chi connectivity index (χ0v) is 11.9. The Hall–Kier alpha value is -2.00. The zero-order valence-electron chi connectivity index (χ0n) is 10.3. The number of carbonyl (C=O) groups is 2. The van der Waals surface area contributed by atoms with Gasteiger partial charge in [-0.1, -0.05) is 24.0 Å². The van der Waals surface area contributed by atoms with E-state index in [1.165, 1.54) is 18.7 Å². The summed E-state index contributed by atoms with van der Waals surface area (Å²) in [5.74, 6) is -0.836. The fourth-order valence-corrected chi connectivity index (χ4v) is 2.15. The normalized spacial score (nSPS) is 16.1. The molecule has 1 N–H and O–H groups in total. The number of aromatic nitrogens is 2. The maximum Gasteiger partial charge on any atom is 0.341 e. The average molecular weight is 311 g/mol. The van der Waals surface area contributed by atoms with E-state index in [0.29, 0.717) is 9.23 Å². The quantitative estimate of drug-likeness (QED) is 0.381. The summed E-state index contributed by atoms with van der Waals surface area (Å²) in [6.45, 7) is 1.98. The van der Waals surface area contributed by atoms with E-state index in [2.05, 4.69) is 15.3 Å². The van der Waals surface area contributed by atoms with Gasteiger partial charge in [-0.05, 0) is 6.92 Å². The van der Waals surface area contributed by atoms with E-state index in [1.54, 1.807) is 6.92 Å². The Morgan fingerprint density at radius 1 is 1.50 bits per heavy atom. The molecule has 1 aromatic rings. The van der Waals surface area contributed by atoms with Crippen LogP contribution in [0.1, 0.15) is 17.3 Å². The lowest BCUT2D eigenvalue weighted by molar-refractivity contribution is -0.115. The molecule has 1 aliphatic rings. The first-order valence-corrected chi connectivity index (χ1v) is 6.71. The molecule has 0 aromatic carbocycles. The van der Waals surface area contributed by atoms with Gasteiger partial charge in [-0.2, -0.15) is 0 Å². The Morgan fingerprint density at radius 3 is 2.75 bits per heavy atom. The minimum absolute atomic E-state index is 0.0109. The minimum Gasteiger partial charge on any atom is -0.462 e. The molecule has 9 heteroatoms. The summed E-state index contributed by atoms with van der Waals surface area (Å²) < 4.78 is 10.3. The molecule has 20 heavy (non-hydrogen) atoms. The van der Waals surface area contributed by atoms with Crippen LogP contribution >= 0.6 is 24.0 Å². The summed E-state index contributed by atoms with van der Waals surface area (Å²) in [7, 11) is 0. The molecule has 0 saturated carbocycles. The number of hydrogen-bond acceptors (Lipinski definition) is 8. The van der Waals surface area contributed by atoms with Crippen LogP contribution in [-0.2, 0) is 9.53 Å². The third-order valence-corrected chi connectivity index (χ3v) is 3.19. The molecule has 7 nitrogen and oxygen atoms in total. The molecular formula is C11H9N3O4S2. The van der Waals surface area contributed by atoms with E-state index >= 15 is 0 Å². The number of thiocarbonyl (C=S) groups is 1. The van der Waals surface area contributed by atoms with Crippen LogP contribution in [-0.4, -0.2) is 32.8 Å². The van der Waals surface area contributed by atoms with Crippen molar-refractivity contribution in [2.24, 2.45) is 0 Å². The van der Waals surface area contributed by atoms with E-state index < -0.39 is 5.97 Å². The van der Waals surface area contributed by atoms with Gasteiger partial charge in [-0.25, -0.2) is 14.8 Å². The number of nitrogens with zero attached hydrogens (tertiary/aromatic N) is 2. The number of rotatable bonds is 4. The van der Waals surface area contributed by atoms with Crippen molar-refractivity contribution in [3.8, 4) is 6.01 Å². The zero-order chi connectivity index (χ0) is 14.5.